The van der Waals surface area contributed by atoms with Gasteiger partial charge in [0.05, 0.1) is 0 Å². The molecular formula is C13H20N2O. The molecule has 1 atom stereocenters. The van der Waals surface area contributed by atoms with Crippen molar-refractivity contribution in [2.75, 3.05) is 14.1 Å². The Kier molecular flexibility index (Phi) is 4.50. The molecule has 0 saturated carbocycles. The second kappa shape index (κ2) is 5.66. The van der Waals surface area contributed by atoms with E-state index in [1.807, 2.05) is 12.1 Å². The third kappa shape index (κ3) is 2.83. The molecule has 1 aromatic rings. The monoisotopic (exact) mass is 220 g/mol. The zero-order chi connectivity index (χ0) is 12.1. The fourth-order valence-electron chi connectivity index (χ4n) is 1.67. The molecule has 1 rings (SSSR count). The molecule has 0 fully saturated rings. The topological polar surface area (TPSA) is 41.1 Å². The molecule has 16 heavy (non-hydrogen) atoms. The molecule has 0 spiro atoms. The largest absolute Gasteiger partial charge is 0.358 e. The summed E-state index contributed by atoms with van der Waals surface area (Å²) in [7, 11) is 3.44. The molecule has 0 aromatic heterocycles. The van der Waals surface area contributed by atoms with Gasteiger partial charge in [-0.05, 0) is 24.1 Å². The van der Waals surface area contributed by atoms with E-state index in [2.05, 4.69) is 36.6 Å². The predicted molar refractivity (Wildman–Crippen MR) is 66.4 cm³/mol. The average molecular weight is 220 g/mol. The highest BCUT2D eigenvalue weighted by molar-refractivity contribution is 5.82. The van der Waals surface area contributed by atoms with Gasteiger partial charge in [-0.3, -0.25) is 4.79 Å². The van der Waals surface area contributed by atoms with Crippen molar-refractivity contribution >= 4 is 5.91 Å². The second-order valence-corrected chi connectivity index (χ2v) is 4.16. The van der Waals surface area contributed by atoms with Gasteiger partial charge in [0, 0.05) is 7.05 Å². The maximum atomic E-state index is 11.6. The van der Waals surface area contributed by atoms with E-state index in [-0.39, 0.29) is 11.9 Å². The van der Waals surface area contributed by atoms with Gasteiger partial charge in [-0.25, -0.2) is 0 Å². The Labute approximate surface area is 97.2 Å². The molecule has 3 heteroatoms. The molecule has 1 unspecified atom stereocenters. The number of hydrogen-bond donors (Lipinski definition) is 2. The number of benzene rings is 1. The number of carbonyl (C=O) groups excluding carboxylic acids is 1. The molecule has 2 N–H and O–H groups in total. The third-order valence-electron chi connectivity index (χ3n) is 2.73. The summed E-state index contributed by atoms with van der Waals surface area (Å²) in [6.07, 6.45) is 0. The maximum absolute atomic E-state index is 11.6. The van der Waals surface area contributed by atoms with E-state index in [1.165, 1.54) is 5.56 Å². The van der Waals surface area contributed by atoms with Crippen LogP contribution in [0.15, 0.2) is 24.3 Å². The van der Waals surface area contributed by atoms with Crippen LogP contribution >= 0.6 is 0 Å². The smallest absolute Gasteiger partial charge is 0.241 e. The lowest BCUT2D eigenvalue weighted by Crippen LogP contribution is -2.33. The first-order valence-corrected chi connectivity index (χ1v) is 5.58. The molecule has 0 bridgehead atoms. The minimum atomic E-state index is -0.272. The van der Waals surface area contributed by atoms with E-state index >= 15 is 0 Å². The van der Waals surface area contributed by atoms with Crippen molar-refractivity contribution in [2.45, 2.75) is 25.8 Å². The van der Waals surface area contributed by atoms with E-state index in [0.29, 0.717) is 5.92 Å². The Morgan fingerprint density at radius 2 is 1.56 bits per heavy atom. The van der Waals surface area contributed by atoms with Crippen molar-refractivity contribution in [3.05, 3.63) is 35.4 Å². The van der Waals surface area contributed by atoms with Crippen LogP contribution in [0.5, 0.6) is 0 Å². The molecule has 0 radical (unpaired) electrons. The molecule has 1 aromatic carbocycles. The number of amides is 1. The zero-order valence-electron chi connectivity index (χ0n) is 10.4. The molecule has 0 aliphatic carbocycles. The molecule has 0 aliphatic rings. The Morgan fingerprint density at radius 3 is 1.94 bits per heavy atom. The van der Waals surface area contributed by atoms with Crippen molar-refractivity contribution in [1.82, 2.24) is 10.6 Å². The van der Waals surface area contributed by atoms with Crippen LogP contribution in [0, 0.1) is 0 Å². The molecule has 1 amide bonds. The van der Waals surface area contributed by atoms with Crippen molar-refractivity contribution in [3.8, 4) is 0 Å². The first-order chi connectivity index (χ1) is 7.60. The highest BCUT2D eigenvalue weighted by atomic mass is 16.2. The molecule has 88 valence electrons. The fraction of sp³-hybridized carbons (Fsp3) is 0.462. The SMILES string of the molecule is CNC(=O)C(NC)c1ccc(C(C)C)cc1. The van der Waals surface area contributed by atoms with Gasteiger partial charge in [-0.1, -0.05) is 38.1 Å². The summed E-state index contributed by atoms with van der Waals surface area (Å²) in [5.74, 6) is 0.502. The van der Waals surface area contributed by atoms with Crippen LogP contribution < -0.4 is 10.6 Å². The second-order valence-electron chi connectivity index (χ2n) is 4.16. The molecule has 0 heterocycles. The normalized spacial score (nSPS) is 12.6. The number of carbonyl (C=O) groups is 1. The summed E-state index contributed by atoms with van der Waals surface area (Å²) in [6.45, 7) is 4.31. The van der Waals surface area contributed by atoms with Crippen molar-refractivity contribution in [1.29, 1.82) is 0 Å². The van der Waals surface area contributed by atoms with Crippen molar-refractivity contribution in [3.63, 3.8) is 0 Å². The van der Waals surface area contributed by atoms with Gasteiger partial charge in [0.1, 0.15) is 6.04 Å². The average Bonchev–Trinajstić information content (AvgIpc) is 2.30. The Bertz CT molecular complexity index is 343. The van der Waals surface area contributed by atoms with E-state index in [9.17, 15) is 4.79 Å². The number of likely N-dealkylation sites (N-methyl/N-ethyl adjacent to an activating group) is 2. The number of rotatable bonds is 4. The van der Waals surface area contributed by atoms with Crippen LogP contribution in [0.25, 0.3) is 0 Å². The highest BCUT2D eigenvalue weighted by Crippen LogP contribution is 2.18. The zero-order valence-corrected chi connectivity index (χ0v) is 10.4. The maximum Gasteiger partial charge on any atom is 0.241 e. The molecular weight excluding hydrogens is 200 g/mol. The van der Waals surface area contributed by atoms with Gasteiger partial charge in [0.15, 0.2) is 0 Å². The van der Waals surface area contributed by atoms with Crippen molar-refractivity contribution in [2.24, 2.45) is 0 Å². The van der Waals surface area contributed by atoms with Crippen molar-refractivity contribution < 1.29 is 4.79 Å². The standard InChI is InChI=1S/C13H20N2O/c1-9(2)10-5-7-11(8-6-10)12(14-3)13(16)15-4/h5-9,12,14H,1-4H3,(H,15,16). The molecule has 0 saturated heterocycles. The Balaban J connectivity index is 2.90. The van der Waals surface area contributed by atoms with E-state index in [1.54, 1.807) is 14.1 Å². The van der Waals surface area contributed by atoms with Gasteiger partial charge < -0.3 is 10.6 Å². The fourth-order valence-corrected chi connectivity index (χ4v) is 1.67. The van der Waals surface area contributed by atoms with Gasteiger partial charge in [0.2, 0.25) is 5.91 Å². The lowest BCUT2D eigenvalue weighted by molar-refractivity contribution is -0.122. The summed E-state index contributed by atoms with van der Waals surface area (Å²) in [5.41, 5.74) is 2.28. The summed E-state index contributed by atoms with van der Waals surface area (Å²) in [4.78, 5) is 11.6. The highest BCUT2D eigenvalue weighted by Gasteiger charge is 2.16. The van der Waals surface area contributed by atoms with Crippen LogP contribution in [0.1, 0.15) is 36.9 Å². The first kappa shape index (κ1) is 12.7. The minimum absolute atomic E-state index is 0.0141. The lowest BCUT2D eigenvalue weighted by atomic mass is 9.99. The van der Waals surface area contributed by atoms with Crippen LogP contribution in [0.4, 0.5) is 0 Å². The van der Waals surface area contributed by atoms with E-state index in [0.717, 1.165) is 5.56 Å². The van der Waals surface area contributed by atoms with Gasteiger partial charge >= 0.3 is 0 Å². The quantitative estimate of drug-likeness (QED) is 0.812. The van der Waals surface area contributed by atoms with Crippen LogP contribution in [0.3, 0.4) is 0 Å². The van der Waals surface area contributed by atoms with Crippen LogP contribution in [-0.4, -0.2) is 20.0 Å². The third-order valence-corrected chi connectivity index (χ3v) is 2.73. The van der Waals surface area contributed by atoms with Gasteiger partial charge in [-0.15, -0.1) is 0 Å². The minimum Gasteiger partial charge on any atom is -0.358 e. The molecule has 0 aliphatic heterocycles. The Hall–Kier alpha value is -1.35. The van der Waals surface area contributed by atoms with Crippen LogP contribution in [0.2, 0.25) is 0 Å². The Morgan fingerprint density at radius 1 is 1.06 bits per heavy atom. The summed E-state index contributed by atoms with van der Waals surface area (Å²) < 4.78 is 0. The summed E-state index contributed by atoms with van der Waals surface area (Å²) in [5, 5.41) is 5.66. The lowest BCUT2D eigenvalue weighted by Gasteiger charge is -2.15. The first-order valence-electron chi connectivity index (χ1n) is 5.58. The number of hydrogen-bond acceptors (Lipinski definition) is 2. The van der Waals surface area contributed by atoms with Gasteiger partial charge in [0.25, 0.3) is 0 Å². The summed E-state index contributed by atoms with van der Waals surface area (Å²) in [6, 6.07) is 7.89. The summed E-state index contributed by atoms with van der Waals surface area (Å²) >= 11 is 0. The van der Waals surface area contributed by atoms with Gasteiger partial charge in [-0.2, -0.15) is 0 Å². The predicted octanol–water partition coefficient (Wildman–Crippen LogP) is 1.82. The molecule has 3 nitrogen and oxygen atoms in total. The van der Waals surface area contributed by atoms with Crippen LogP contribution in [-0.2, 0) is 4.79 Å². The number of nitrogens with one attached hydrogen (secondary N) is 2. The van der Waals surface area contributed by atoms with E-state index < -0.39 is 0 Å². The van der Waals surface area contributed by atoms with E-state index in [4.69, 9.17) is 0 Å².